The van der Waals surface area contributed by atoms with Gasteiger partial charge in [0.2, 0.25) is 5.91 Å². The Hall–Kier alpha value is -3.66. The minimum atomic E-state index is -0.00770. The van der Waals surface area contributed by atoms with Crippen LogP contribution in [0.1, 0.15) is 11.5 Å². The highest BCUT2D eigenvalue weighted by molar-refractivity contribution is 5.98. The Balaban J connectivity index is 1.50. The summed E-state index contributed by atoms with van der Waals surface area (Å²) in [4.78, 5) is 18.1. The lowest BCUT2D eigenvalue weighted by Crippen LogP contribution is -2.47. The fourth-order valence-corrected chi connectivity index (χ4v) is 4.07. The molecule has 0 atom stereocenters. The maximum atomic E-state index is 11.7. The maximum Gasteiger partial charge on any atom is 0.245 e. The summed E-state index contributed by atoms with van der Waals surface area (Å²) in [5.41, 5.74) is 2.98. The summed E-state index contributed by atoms with van der Waals surface area (Å²) in [6.07, 6.45) is 3.26. The zero-order valence-corrected chi connectivity index (χ0v) is 15.9. The van der Waals surface area contributed by atoms with Gasteiger partial charge in [-0.05, 0) is 52.1 Å². The molecule has 1 aliphatic rings. The van der Waals surface area contributed by atoms with E-state index in [0.29, 0.717) is 5.92 Å². The standard InChI is InChI=1S/C25H20N2O2/c1-2-25(29)27-14-20(15-27)16-7-8-17-11-24(26-13-19(17)9-16)23-12-21(28)10-18-5-3-4-6-22(18)23/h2-13,20,28H,1,14-15H2. The number of phenols is 1. The summed E-state index contributed by atoms with van der Waals surface area (Å²) in [7, 11) is 0. The van der Waals surface area contributed by atoms with Gasteiger partial charge in [0, 0.05) is 36.2 Å². The molecule has 4 aromatic rings. The first kappa shape index (κ1) is 17.4. The molecule has 0 saturated carbocycles. The van der Waals surface area contributed by atoms with Crippen LogP contribution in [0.5, 0.6) is 5.75 Å². The van der Waals surface area contributed by atoms with Gasteiger partial charge >= 0.3 is 0 Å². The Bertz CT molecular complexity index is 1270. The van der Waals surface area contributed by atoms with Crippen LogP contribution in [0.15, 0.2) is 79.5 Å². The molecule has 0 unspecified atom stereocenters. The number of nitrogens with zero attached hydrogens (tertiary/aromatic N) is 2. The van der Waals surface area contributed by atoms with Crippen molar-refractivity contribution in [3.05, 3.63) is 85.1 Å². The Morgan fingerprint density at radius 1 is 1.03 bits per heavy atom. The highest BCUT2D eigenvalue weighted by atomic mass is 16.3. The van der Waals surface area contributed by atoms with Gasteiger partial charge in [-0.25, -0.2) is 0 Å². The van der Waals surface area contributed by atoms with Crippen molar-refractivity contribution >= 4 is 27.5 Å². The van der Waals surface area contributed by atoms with Crippen LogP contribution in [0.3, 0.4) is 0 Å². The highest BCUT2D eigenvalue weighted by Gasteiger charge is 2.30. The number of amides is 1. The predicted octanol–water partition coefficient (Wildman–Crippen LogP) is 4.87. The number of hydrogen-bond acceptors (Lipinski definition) is 3. The first-order valence-electron chi connectivity index (χ1n) is 9.65. The van der Waals surface area contributed by atoms with Crippen LogP contribution in [-0.4, -0.2) is 34.0 Å². The van der Waals surface area contributed by atoms with Crippen molar-refractivity contribution in [1.29, 1.82) is 0 Å². The molecule has 4 heteroatoms. The molecule has 1 N–H and O–H groups in total. The molecule has 5 rings (SSSR count). The second-order valence-electron chi connectivity index (χ2n) is 7.53. The van der Waals surface area contributed by atoms with E-state index in [1.807, 2.05) is 30.5 Å². The normalized spacial score (nSPS) is 14.1. The Labute approximate surface area is 168 Å². The molecule has 4 nitrogen and oxygen atoms in total. The number of hydrogen-bond donors (Lipinski definition) is 1. The summed E-state index contributed by atoms with van der Waals surface area (Å²) >= 11 is 0. The molecule has 1 saturated heterocycles. The smallest absolute Gasteiger partial charge is 0.245 e. The minimum Gasteiger partial charge on any atom is -0.508 e. The molecule has 142 valence electrons. The van der Waals surface area contributed by atoms with Gasteiger partial charge in [-0.3, -0.25) is 9.78 Å². The quantitative estimate of drug-likeness (QED) is 0.516. The van der Waals surface area contributed by atoms with Crippen molar-refractivity contribution in [2.75, 3.05) is 13.1 Å². The van der Waals surface area contributed by atoms with E-state index in [0.717, 1.165) is 45.9 Å². The number of likely N-dealkylation sites (tertiary alicyclic amines) is 1. The molecule has 29 heavy (non-hydrogen) atoms. The molecule has 1 aliphatic heterocycles. The fourth-order valence-electron chi connectivity index (χ4n) is 4.07. The molecule has 3 aromatic carbocycles. The molecule has 0 bridgehead atoms. The summed E-state index contributed by atoms with van der Waals surface area (Å²) in [5.74, 6) is 0.587. The number of fused-ring (bicyclic) bond motifs is 2. The van der Waals surface area contributed by atoms with E-state index in [2.05, 4.69) is 35.8 Å². The Morgan fingerprint density at radius 3 is 2.69 bits per heavy atom. The monoisotopic (exact) mass is 380 g/mol. The van der Waals surface area contributed by atoms with E-state index in [9.17, 15) is 9.90 Å². The van der Waals surface area contributed by atoms with Gasteiger partial charge in [0.15, 0.2) is 0 Å². The summed E-state index contributed by atoms with van der Waals surface area (Å²) < 4.78 is 0. The summed E-state index contributed by atoms with van der Waals surface area (Å²) in [6, 6.07) is 20.0. The molecule has 0 radical (unpaired) electrons. The van der Waals surface area contributed by atoms with Crippen LogP contribution in [0.25, 0.3) is 32.8 Å². The lowest BCUT2D eigenvalue weighted by Gasteiger charge is -2.39. The molecular formula is C25H20N2O2. The second-order valence-corrected chi connectivity index (χ2v) is 7.53. The molecule has 1 aromatic heterocycles. The number of carbonyl (C=O) groups excluding carboxylic acids is 1. The van der Waals surface area contributed by atoms with E-state index >= 15 is 0 Å². The largest absolute Gasteiger partial charge is 0.508 e. The zero-order valence-electron chi connectivity index (χ0n) is 15.9. The van der Waals surface area contributed by atoms with Gasteiger partial charge in [-0.2, -0.15) is 0 Å². The molecular weight excluding hydrogens is 360 g/mol. The Morgan fingerprint density at radius 2 is 1.86 bits per heavy atom. The van der Waals surface area contributed by atoms with Crippen molar-refractivity contribution < 1.29 is 9.90 Å². The maximum absolute atomic E-state index is 11.7. The molecule has 1 amide bonds. The second kappa shape index (κ2) is 6.74. The number of rotatable bonds is 3. The van der Waals surface area contributed by atoms with Gasteiger partial charge in [0.1, 0.15) is 5.75 Å². The SMILES string of the molecule is C=CC(=O)N1CC(c2ccc3cc(-c4cc(O)cc5ccccc45)ncc3c2)C1. The lowest BCUT2D eigenvalue weighted by atomic mass is 9.90. The van der Waals surface area contributed by atoms with Crippen molar-refractivity contribution in [2.24, 2.45) is 0 Å². The van der Waals surface area contributed by atoms with Gasteiger partial charge in [-0.15, -0.1) is 0 Å². The van der Waals surface area contributed by atoms with Gasteiger partial charge < -0.3 is 10.0 Å². The van der Waals surface area contributed by atoms with E-state index in [1.165, 1.54) is 11.6 Å². The van der Waals surface area contributed by atoms with E-state index in [1.54, 1.807) is 17.0 Å². The zero-order chi connectivity index (χ0) is 20.0. The van der Waals surface area contributed by atoms with Crippen LogP contribution in [0.4, 0.5) is 0 Å². The third-order valence-corrected chi connectivity index (χ3v) is 5.71. The van der Waals surface area contributed by atoms with Crippen LogP contribution in [0.2, 0.25) is 0 Å². The Kier molecular flexibility index (Phi) is 4.06. The van der Waals surface area contributed by atoms with E-state index in [-0.39, 0.29) is 11.7 Å². The third kappa shape index (κ3) is 3.03. The number of benzene rings is 3. The predicted molar refractivity (Wildman–Crippen MR) is 116 cm³/mol. The van der Waals surface area contributed by atoms with Crippen molar-refractivity contribution in [3.8, 4) is 17.0 Å². The number of pyridine rings is 1. The molecule has 1 fully saturated rings. The first-order valence-corrected chi connectivity index (χ1v) is 9.65. The number of aromatic nitrogens is 1. The van der Waals surface area contributed by atoms with Crippen molar-refractivity contribution in [2.45, 2.75) is 5.92 Å². The first-order chi connectivity index (χ1) is 14.1. The molecule has 0 spiro atoms. The van der Waals surface area contributed by atoms with Crippen molar-refractivity contribution in [3.63, 3.8) is 0 Å². The minimum absolute atomic E-state index is 0.00770. The van der Waals surface area contributed by atoms with Crippen LogP contribution in [0, 0.1) is 0 Å². The van der Waals surface area contributed by atoms with Crippen LogP contribution >= 0.6 is 0 Å². The molecule has 0 aliphatic carbocycles. The van der Waals surface area contributed by atoms with Gasteiger partial charge in [-0.1, -0.05) is 43.0 Å². The van der Waals surface area contributed by atoms with E-state index in [4.69, 9.17) is 0 Å². The molecule has 2 heterocycles. The third-order valence-electron chi connectivity index (χ3n) is 5.71. The fraction of sp³-hybridized carbons (Fsp3) is 0.120. The van der Waals surface area contributed by atoms with Crippen LogP contribution in [-0.2, 0) is 4.79 Å². The number of phenolic OH excluding ortho intramolecular Hbond substituents is 1. The highest BCUT2D eigenvalue weighted by Crippen LogP contribution is 2.34. The lowest BCUT2D eigenvalue weighted by molar-refractivity contribution is -0.130. The van der Waals surface area contributed by atoms with Gasteiger partial charge in [0.05, 0.1) is 5.69 Å². The van der Waals surface area contributed by atoms with Gasteiger partial charge in [0.25, 0.3) is 0 Å². The average Bonchev–Trinajstić information content (AvgIpc) is 2.71. The topological polar surface area (TPSA) is 53.4 Å². The summed E-state index contributed by atoms with van der Waals surface area (Å²) in [6.45, 7) is 5.01. The number of aromatic hydroxyl groups is 1. The van der Waals surface area contributed by atoms with E-state index < -0.39 is 0 Å². The summed E-state index contributed by atoms with van der Waals surface area (Å²) in [5, 5.41) is 14.4. The average molecular weight is 380 g/mol. The van der Waals surface area contributed by atoms with Crippen molar-refractivity contribution in [1.82, 2.24) is 9.88 Å². The number of carbonyl (C=O) groups is 1. The van der Waals surface area contributed by atoms with Crippen LogP contribution < -0.4 is 0 Å².